The van der Waals surface area contributed by atoms with E-state index in [2.05, 4.69) is 5.32 Å². The molecule has 0 radical (unpaired) electrons. The Morgan fingerprint density at radius 1 is 1.26 bits per heavy atom. The molecule has 2 fully saturated rings. The van der Waals surface area contributed by atoms with Crippen LogP contribution < -0.4 is 5.32 Å². The lowest BCUT2D eigenvalue weighted by Crippen LogP contribution is -2.42. The third-order valence-corrected chi connectivity index (χ3v) is 4.46. The summed E-state index contributed by atoms with van der Waals surface area (Å²) in [5.74, 6) is -0.294. The van der Waals surface area contributed by atoms with Crippen LogP contribution in [-0.4, -0.2) is 18.2 Å². The second-order valence-electron chi connectivity index (χ2n) is 5.73. The van der Waals surface area contributed by atoms with Gasteiger partial charge in [0, 0.05) is 23.4 Å². The van der Waals surface area contributed by atoms with Crippen molar-refractivity contribution in [3.05, 3.63) is 29.0 Å². The van der Waals surface area contributed by atoms with E-state index in [0.29, 0.717) is 11.1 Å². The van der Waals surface area contributed by atoms with Gasteiger partial charge in [0.2, 0.25) is 0 Å². The van der Waals surface area contributed by atoms with Crippen molar-refractivity contribution in [2.24, 2.45) is 0 Å². The summed E-state index contributed by atoms with van der Waals surface area (Å²) in [4.78, 5) is 0. The Kier molecular flexibility index (Phi) is 3.68. The van der Waals surface area contributed by atoms with Gasteiger partial charge in [-0.1, -0.05) is 24.4 Å². The molecule has 104 valence electrons. The fourth-order valence-electron chi connectivity index (χ4n) is 3.39. The zero-order valence-corrected chi connectivity index (χ0v) is 11.7. The Morgan fingerprint density at radius 2 is 2.05 bits per heavy atom. The molecule has 1 heterocycles. The summed E-state index contributed by atoms with van der Waals surface area (Å²) in [5.41, 5.74) is 0.845. The summed E-state index contributed by atoms with van der Waals surface area (Å²) in [6.07, 6.45) is 6.83. The van der Waals surface area contributed by atoms with E-state index < -0.39 is 0 Å². The van der Waals surface area contributed by atoms with Gasteiger partial charge >= 0.3 is 0 Å². The SMILES string of the molecule is Fc1cc(Cl)cc(NC2CCOC3(CCCC3)C2)c1. The van der Waals surface area contributed by atoms with Gasteiger partial charge in [0.1, 0.15) is 5.82 Å². The van der Waals surface area contributed by atoms with Gasteiger partial charge < -0.3 is 10.1 Å². The molecule has 1 aliphatic heterocycles. The van der Waals surface area contributed by atoms with Crippen molar-refractivity contribution < 1.29 is 9.13 Å². The van der Waals surface area contributed by atoms with Crippen molar-refractivity contribution >= 4 is 17.3 Å². The van der Waals surface area contributed by atoms with Gasteiger partial charge in [0.15, 0.2) is 0 Å². The molecule has 1 N–H and O–H groups in total. The van der Waals surface area contributed by atoms with E-state index in [4.69, 9.17) is 16.3 Å². The summed E-state index contributed by atoms with van der Waals surface area (Å²) in [6, 6.07) is 4.96. The van der Waals surface area contributed by atoms with Gasteiger partial charge in [-0.2, -0.15) is 0 Å². The lowest BCUT2D eigenvalue weighted by Gasteiger charge is -2.39. The smallest absolute Gasteiger partial charge is 0.126 e. The highest BCUT2D eigenvalue weighted by Crippen LogP contribution is 2.40. The molecule has 1 atom stereocenters. The van der Waals surface area contributed by atoms with Gasteiger partial charge in [-0.15, -0.1) is 0 Å². The highest BCUT2D eigenvalue weighted by atomic mass is 35.5. The van der Waals surface area contributed by atoms with Crippen LogP contribution in [0.4, 0.5) is 10.1 Å². The first kappa shape index (κ1) is 13.2. The summed E-state index contributed by atoms with van der Waals surface area (Å²) in [5, 5.41) is 3.84. The minimum atomic E-state index is -0.294. The van der Waals surface area contributed by atoms with E-state index in [0.717, 1.165) is 38.0 Å². The first-order valence-electron chi connectivity index (χ1n) is 7.02. The number of hydrogen-bond donors (Lipinski definition) is 1. The number of rotatable bonds is 2. The van der Waals surface area contributed by atoms with E-state index in [-0.39, 0.29) is 11.4 Å². The minimum Gasteiger partial charge on any atom is -0.382 e. The third kappa shape index (κ3) is 3.03. The maximum Gasteiger partial charge on any atom is 0.126 e. The van der Waals surface area contributed by atoms with Gasteiger partial charge in [-0.25, -0.2) is 4.39 Å². The largest absolute Gasteiger partial charge is 0.382 e. The Labute approximate surface area is 118 Å². The van der Waals surface area contributed by atoms with Gasteiger partial charge in [-0.3, -0.25) is 0 Å². The van der Waals surface area contributed by atoms with Crippen molar-refractivity contribution in [1.82, 2.24) is 0 Å². The minimum absolute atomic E-state index is 0.0764. The van der Waals surface area contributed by atoms with Crippen molar-refractivity contribution in [2.75, 3.05) is 11.9 Å². The molecule has 1 aromatic carbocycles. The van der Waals surface area contributed by atoms with Crippen molar-refractivity contribution in [3.8, 4) is 0 Å². The van der Waals surface area contributed by atoms with Crippen LogP contribution in [0.25, 0.3) is 0 Å². The Bertz CT molecular complexity index is 439. The number of anilines is 1. The second kappa shape index (κ2) is 5.29. The Morgan fingerprint density at radius 3 is 2.79 bits per heavy atom. The van der Waals surface area contributed by atoms with Crippen LogP contribution in [0.3, 0.4) is 0 Å². The number of hydrogen-bond acceptors (Lipinski definition) is 2. The molecule has 4 heteroatoms. The molecule has 3 rings (SSSR count). The van der Waals surface area contributed by atoms with E-state index in [1.807, 2.05) is 0 Å². The number of benzene rings is 1. The average molecular weight is 284 g/mol. The monoisotopic (exact) mass is 283 g/mol. The quantitative estimate of drug-likeness (QED) is 0.869. The molecular weight excluding hydrogens is 265 g/mol. The third-order valence-electron chi connectivity index (χ3n) is 4.24. The first-order valence-corrected chi connectivity index (χ1v) is 7.40. The molecule has 1 aliphatic carbocycles. The van der Waals surface area contributed by atoms with Crippen LogP contribution in [0.1, 0.15) is 38.5 Å². The van der Waals surface area contributed by atoms with Crippen LogP contribution >= 0.6 is 11.6 Å². The highest BCUT2D eigenvalue weighted by molar-refractivity contribution is 6.30. The molecule has 0 bridgehead atoms. The van der Waals surface area contributed by atoms with E-state index >= 15 is 0 Å². The summed E-state index contributed by atoms with van der Waals surface area (Å²) in [6.45, 7) is 0.792. The molecular formula is C15H19ClFNO. The molecule has 1 unspecified atom stereocenters. The normalized spacial score (nSPS) is 25.7. The number of halogens is 2. The fraction of sp³-hybridized carbons (Fsp3) is 0.600. The molecule has 2 nitrogen and oxygen atoms in total. The molecule has 0 aromatic heterocycles. The maximum atomic E-state index is 13.3. The van der Waals surface area contributed by atoms with E-state index in [1.54, 1.807) is 6.07 Å². The van der Waals surface area contributed by atoms with Gasteiger partial charge in [0.05, 0.1) is 5.60 Å². The molecule has 1 aromatic rings. The van der Waals surface area contributed by atoms with E-state index in [1.165, 1.54) is 25.0 Å². The molecule has 19 heavy (non-hydrogen) atoms. The molecule has 1 saturated heterocycles. The first-order chi connectivity index (χ1) is 9.15. The predicted molar refractivity (Wildman–Crippen MR) is 75.2 cm³/mol. The van der Waals surface area contributed by atoms with Gasteiger partial charge in [0.25, 0.3) is 0 Å². The number of nitrogens with one attached hydrogen (secondary N) is 1. The predicted octanol–water partition coefficient (Wildman–Crippen LogP) is 4.38. The lowest BCUT2D eigenvalue weighted by atomic mass is 9.89. The highest BCUT2D eigenvalue weighted by Gasteiger charge is 2.39. The summed E-state index contributed by atoms with van der Waals surface area (Å²) >= 11 is 5.88. The Balaban J connectivity index is 1.69. The summed E-state index contributed by atoms with van der Waals surface area (Å²) in [7, 11) is 0. The fourth-order valence-corrected chi connectivity index (χ4v) is 3.61. The topological polar surface area (TPSA) is 21.3 Å². The lowest BCUT2D eigenvalue weighted by molar-refractivity contribution is -0.0767. The van der Waals surface area contributed by atoms with Crippen molar-refractivity contribution in [1.29, 1.82) is 0 Å². The van der Waals surface area contributed by atoms with Crippen molar-refractivity contribution in [3.63, 3.8) is 0 Å². The zero-order chi connectivity index (χ0) is 13.3. The van der Waals surface area contributed by atoms with Crippen LogP contribution in [-0.2, 0) is 4.74 Å². The van der Waals surface area contributed by atoms with Crippen LogP contribution in [0, 0.1) is 5.82 Å². The standard InChI is InChI=1S/C15H19ClFNO/c16-11-7-12(17)9-14(8-11)18-13-3-6-19-15(10-13)4-1-2-5-15/h7-9,13,18H,1-6,10H2. The van der Waals surface area contributed by atoms with Crippen molar-refractivity contribution in [2.45, 2.75) is 50.2 Å². The van der Waals surface area contributed by atoms with Gasteiger partial charge in [-0.05, 0) is 43.9 Å². The van der Waals surface area contributed by atoms with Crippen LogP contribution in [0.5, 0.6) is 0 Å². The molecule has 0 amide bonds. The summed E-state index contributed by atoms with van der Waals surface area (Å²) < 4.78 is 19.3. The Hall–Kier alpha value is -0.800. The zero-order valence-electron chi connectivity index (χ0n) is 10.9. The van der Waals surface area contributed by atoms with E-state index in [9.17, 15) is 4.39 Å². The molecule has 1 saturated carbocycles. The second-order valence-corrected chi connectivity index (χ2v) is 6.17. The average Bonchev–Trinajstić information content (AvgIpc) is 2.76. The number of ether oxygens (including phenoxy) is 1. The van der Waals surface area contributed by atoms with Crippen LogP contribution in [0.2, 0.25) is 5.02 Å². The molecule has 1 spiro atoms. The maximum absolute atomic E-state index is 13.3. The molecule has 2 aliphatic rings. The van der Waals surface area contributed by atoms with Crippen LogP contribution in [0.15, 0.2) is 18.2 Å².